The Morgan fingerprint density at radius 2 is 2.08 bits per heavy atom. The lowest BCUT2D eigenvalue weighted by molar-refractivity contribution is 0.365. The standard InChI is InChI=1S/C18H14N2O4/c1-23-14-7-3-4-10-9-13-17(22)19-16(20-18(13)24-15(10)14)11-5-2-6-12(21)8-11/h2-8,21H,9H2,1H3,(H,19,20,22). The molecule has 0 saturated carbocycles. The smallest absolute Gasteiger partial charge is 0.258 e. The van der Waals surface area contributed by atoms with Crippen LogP contribution in [0.3, 0.4) is 0 Å². The van der Waals surface area contributed by atoms with Crippen LogP contribution < -0.4 is 15.0 Å². The number of rotatable bonds is 2. The van der Waals surface area contributed by atoms with Gasteiger partial charge in [-0.1, -0.05) is 24.3 Å². The van der Waals surface area contributed by atoms with Crippen molar-refractivity contribution < 1.29 is 14.6 Å². The topological polar surface area (TPSA) is 84.4 Å². The Morgan fingerprint density at radius 1 is 1.25 bits per heavy atom. The fourth-order valence-electron chi connectivity index (χ4n) is 2.77. The molecule has 120 valence electrons. The summed E-state index contributed by atoms with van der Waals surface area (Å²) in [6.07, 6.45) is 0.421. The van der Waals surface area contributed by atoms with E-state index in [4.69, 9.17) is 9.47 Å². The lowest BCUT2D eigenvalue weighted by Crippen LogP contribution is -2.20. The van der Waals surface area contributed by atoms with Crippen LogP contribution in [0.2, 0.25) is 0 Å². The van der Waals surface area contributed by atoms with Gasteiger partial charge in [-0.05, 0) is 18.2 Å². The van der Waals surface area contributed by atoms with Gasteiger partial charge < -0.3 is 19.6 Å². The molecular formula is C18H14N2O4. The zero-order valence-electron chi connectivity index (χ0n) is 12.9. The molecule has 24 heavy (non-hydrogen) atoms. The number of nitrogens with one attached hydrogen (secondary N) is 1. The second kappa shape index (κ2) is 5.42. The molecule has 6 nitrogen and oxygen atoms in total. The summed E-state index contributed by atoms with van der Waals surface area (Å²) in [6, 6.07) is 12.1. The van der Waals surface area contributed by atoms with E-state index < -0.39 is 0 Å². The first-order valence-corrected chi connectivity index (χ1v) is 7.42. The molecule has 0 radical (unpaired) electrons. The summed E-state index contributed by atoms with van der Waals surface area (Å²) in [7, 11) is 1.57. The molecule has 1 aromatic heterocycles. The highest BCUT2D eigenvalue weighted by molar-refractivity contribution is 5.60. The lowest BCUT2D eigenvalue weighted by atomic mass is 10.0. The SMILES string of the molecule is COc1cccc2c1Oc1nc(-c3cccc(O)c3)[nH]c(=O)c1C2. The quantitative estimate of drug-likeness (QED) is 0.593. The van der Waals surface area contributed by atoms with E-state index in [1.54, 1.807) is 31.4 Å². The van der Waals surface area contributed by atoms with E-state index in [1.165, 1.54) is 6.07 Å². The van der Waals surface area contributed by atoms with Crippen LogP contribution in [-0.2, 0) is 6.42 Å². The Balaban J connectivity index is 1.84. The molecule has 0 atom stereocenters. The normalized spacial score (nSPS) is 12.0. The molecule has 0 aliphatic carbocycles. The summed E-state index contributed by atoms with van der Waals surface area (Å²) >= 11 is 0. The molecule has 2 aromatic carbocycles. The Kier molecular flexibility index (Phi) is 3.23. The minimum absolute atomic E-state index is 0.0980. The van der Waals surface area contributed by atoms with Crippen molar-refractivity contribution >= 4 is 0 Å². The minimum Gasteiger partial charge on any atom is -0.508 e. The number of nitrogens with zero attached hydrogens (tertiary/aromatic N) is 1. The van der Waals surface area contributed by atoms with Crippen molar-refractivity contribution in [2.45, 2.75) is 6.42 Å². The monoisotopic (exact) mass is 322 g/mol. The van der Waals surface area contributed by atoms with Crippen molar-refractivity contribution in [2.75, 3.05) is 7.11 Å². The van der Waals surface area contributed by atoms with Crippen molar-refractivity contribution in [2.24, 2.45) is 0 Å². The third kappa shape index (κ3) is 2.28. The fraction of sp³-hybridized carbons (Fsp3) is 0.111. The average Bonchev–Trinajstić information content (AvgIpc) is 2.59. The first kappa shape index (κ1) is 14.3. The number of phenolic OH excluding ortho intramolecular Hbond substituents is 1. The number of methoxy groups -OCH3 is 1. The van der Waals surface area contributed by atoms with Crippen molar-refractivity contribution in [3.63, 3.8) is 0 Å². The third-order valence-corrected chi connectivity index (χ3v) is 3.94. The largest absolute Gasteiger partial charge is 0.508 e. The predicted octanol–water partition coefficient (Wildman–Crippen LogP) is 2.85. The molecule has 1 aliphatic heterocycles. The molecule has 0 spiro atoms. The molecule has 4 rings (SSSR count). The van der Waals surface area contributed by atoms with Gasteiger partial charge in [-0.2, -0.15) is 4.98 Å². The van der Waals surface area contributed by atoms with Crippen molar-refractivity contribution in [3.05, 3.63) is 63.9 Å². The number of aromatic hydroxyl groups is 1. The maximum Gasteiger partial charge on any atom is 0.258 e. The maximum absolute atomic E-state index is 12.4. The number of benzene rings is 2. The summed E-state index contributed by atoms with van der Waals surface area (Å²) in [5.74, 6) is 1.87. The number of aromatic amines is 1. The van der Waals surface area contributed by atoms with E-state index in [9.17, 15) is 9.90 Å². The second-order valence-corrected chi connectivity index (χ2v) is 5.48. The summed E-state index contributed by atoms with van der Waals surface area (Å²) in [5, 5.41) is 9.61. The van der Waals surface area contributed by atoms with Crippen molar-refractivity contribution in [1.29, 1.82) is 0 Å². The molecule has 3 aromatic rings. The first-order valence-electron chi connectivity index (χ1n) is 7.42. The van der Waals surface area contributed by atoms with Gasteiger partial charge in [0.2, 0.25) is 5.88 Å². The van der Waals surface area contributed by atoms with Gasteiger partial charge in [-0.15, -0.1) is 0 Å². The van der Waals surface area contributed by atoms with Gasteiger partial charge in [0.1, 0.15) is 11.6 Å². The number of aromatic nitrogens is 2. The molecule has 2 heterocycles. The number of fused-ring (bicyclic) bond motifs is 2. The van der Waals surface area contributed by atoms with Crippen LogP contribution in [0.4, 0.5) is 0 Å². The van der Waals surface area contributed by atoms with Crippen LogP contribution >= 0.6 is 0 Å². The zero-order valence-corrected chi connectivity index (χ0v) is 12.9. The highest BCUT2D eigenvalue weighted by Crippen LogP contribution is 2.40. The van der Waals surface area contributed by atoms with E-state index in [0.717, 1.165) is 5.56 Å². The van der Waals surface area contributed by atoms with E-state index in [2.05, 4.69) is 9.97 Å². The number of hydrogen-bond donors (Lipinski definition) is 2. The molecule has 2 N–H and O–H groups in total. The second-order valence-electron chi connectivity index (χ2n) is 5.48. The lowest BCUT2D eigenvalue weighted by Gasteiger charge is -2.20. The molecule has 0 amide bonds. The van der Waals surface area contributed by atoms with Crippen molar-refractivity contribution in [1.82, 2.24) is 9.97 Å². The van der Waals surface area contributed by atoms with E-state index in [1.807, 2.05) is 12.1 Å². The van der Waals surface area contributed by atoms with Crippen molar-refractivity contribution in [3.8, 4) is 34.5 Å². The first-order chi connectivity index (χ1) is 11.7. The Hall–Kier alpha value is -3.28. The van der Waals surface area contributed by atoms with Gasteiger partial charge in [0.25, 0.3) is 5.56 Å². The highest BCUT2D eigenvalue weighted by atomic mass is 16.5. The maximum atomic E-state index is 12.4. The average molecular weight is 322 g/mol. The van der Waals surface area contributed by atoms with Crippen LogP contribution in [0.25, 0.3) is 11.4 Å². The van der Waals surface area contributed by atoms with Crippen LogP contribution in [0.1, 0.15) is 11.1 Å². The van der Waals surface area contributed by atoms with Gasteiger partial charge in [-0.25, -0.2) is 0 Å². The van der Waals surface area contributed by atoms with Gasteiger partial charge >= 0.3 is 0 Å². The number of ether oxygens (including phenoxy) is 2. The number of phenols is 1. The van der Waals surface area contributed by atoms with Gasteiger partial charge in [0.05, 0.1) is 12.7 Å². The molecule has 6 heteroatoms. The molecule has 1 aliphatic rings. The van der Waals surface area contributed by atoms with E-state index in [0.29, 0.717) is 34.9 Å². The Bertz CT molecular complexity index is 995. The molecular weight excluding hydrogens is 308 g/mol. The van der Waals surface area contributed by atoms with Crippen LogP contribution in [0, 0.1) is 0 Å². The zero-order chi connectivity index (χ0) is 16.7. The van der Waals surface area contributed by atoms with Gasteiger partial charge in [-0.3, -0.25) is 4.79 Å². The number of para-hydroxylation sites is 1. The summed E-state index contributed by atoms with van der Waals surface area (Å²) in [5.41, 5.74) is 1.69. The number of H-pyrrole nitrogens is 1. The summed E-state index contributed by atoms with van der Waals surface area (Å²) in [6.45, 7) is 0. The molecule has 0 saturated heterocycles. The van der Waals surface area contributed by atoms with Crippen LogP contribution in [0.5, 0.6) is 23.1 Å². The molecule has 0 fully saturated rings. The summed E-state index contributed by atoms with van der Waals surface area (Å²) < 4.78 is 11.2. The predicted molar refractivity (Wildman–Crippen MR) is 87.8 cm³/mol. The molecule has 0 unspecified atom stereocenters. The minimum atomic E-state index is -0.258. The van der Waals surface area contributed by atoms with Gasteiger partial charge in [0, 0.05) is 17.5 Å². The fourth-order valence-corrected chi connectivity index (χ4v) is 2.77. The summed E-state index contributed by atoms with van der Waals surface area (Å²) in [4.78, 5) is 19.6. The third-order valence-electron chi connectivity index (χ3n) is 3.94. The van der Waals surface area contributed by atoms with E-state index in [-0.39, 0.29) is 17.2 Å². The molecule has 0 bridgehead atoms. The highest BCUT2D eigenvalue weighted by Gasteiger charge is 2.25. The Labute approximate surface area is 137 Å². The number of hydrogen-bond acceptors (Lipinski definition) is 5. The van der Waals surface area contributed by atoms with E-state index >= 15 is 0 Å². The van der Waals surface area contributed by atoms with Crippen LogP contribution in [0.15, 0.2) is 47.3 Å². The van der Waals surface area contributed by atoms with Gasteiger partial charge in [0.15, 0.2) is 11.5 Å². The van der Waals surface area contributed by atoms with Crippen LogP contribution in [-0.4, -0.2) is 22.2 Å². The Morgan fingerprint density at radius 3 is 2.88 bits per heavy atom.